The second kappa shape index (κ2) is 16.7. The largest absolute Gasteiger partial charge is 0.497 e. The number of carbonyl (C=O) groups excluding carboxylic acids is 5. The summed E-state index contributed by atoms with van der Waals surface area (Å²) < 4.78 is 143. The number of hydrogen-bond donors (Lipinski definition) is 3. The lowest BCUT2D eigenvalue weighted by atomic mass is 9.94. The summed E-state index contributed by atoms with van der Waals surface area (Å²) in [4.78, 5) is 65.2. The van der Waals surface area contributed by atoms with Gasteiger partial charge in [0.2, 0.25) is 17.6 Å². The Kier molecular flexibility index (Phi) is 13.5. The number of ketones is 1. The molecule has 1 heterocycles. The van der Waals surface area contributed by atoms with Gasteiger partial charge in [0.25, 0.3) is 11.8 Å². The number of methoxy groups -OCH3 is 1. The van der Waals surface area contributed by atoms with Crippen LogP contribution in [0.5, 0.6) is 5.75 Å². The van der Waals surface area contributed by atoms with Crippen LogP contribution >= 0.6 is 0 Å². The molecular weight excluding hydrogens is 764 g/mol. The molecule has 1 aliphatic rings. The smallest absolute Gasteiger partial charge is 0.405 e. The van der Waals surface area contributed by atoms with Gasteiger partial charge in [-0.2, -0.15) is 30.7 Å². The molecule has 3 N–H and O–H groups in total. The van der Waals surface area contributed by atoms with E-state index in [0.29, 0.717) is 16.7 Å². The Hall–Kier alpha value is -4.82. The van der Waals surface area contributed by atoms with Gasteiger partial charge in [-0.3, -0.25) is 24.0 Å². The number of carbonyl (C=O) groups is 5. The van der Waals surface area contributed by atoms with Gasteiger partial charge in [0.05, 0.1) is 24.2 Å². The monoisotopic (exact) mass is 800 g/mol. The summed E-state index contributed by atoms with van der Waals surface area (Å²) in [6.07, 6.45) is -5.84. The minimum Gasteiger partial charge on any atom is -0.497 e. The predicted octanol–water partition coefficient (Wildman–Crippen LogP) is 3.04. The number of hydrogen-bond acceptors (Lipinski definition) is 8. The van der Waals surface area contributed by atoms with Crippen molar-refractivity contribution in [1.29, 1.82) is 0 Å². The molecule has 3 rings (SSSR count). The second-order valence-electron chi connectivity index (χ2n) is 12.8. The molecule has 298 valence electrons. The Morgan fingerprint density at radius 1 is 0.907 bits per heavy atom. The van der Waals surface area contributed by atoms with Gasteiger partial charge in [0.15, 0.2) is 9.84 Å². The minimum atomic E-state index is -5.12. The molecular formula is C33H36F8N4O8S. The molecule has 21 heteroatoms. The van der Waals surface area contributed by atoms with Crippen LogP contribution in [0.3, 0.4) is 0 Å². The molecule has 12 nitrogen and oxygen atoms in total. The highest BCUT2D eigenvalue weighted by molar-refractivity contribution is 7.91. The summed E-state index contributed by atoms with van der Waals surface area (Å²) in [7, 11) is -2.91. The third-order valence-electron chi connectivity index (χ3n) is 8.36. The standard InChI is InChI=1S/C33H36F8N4O8S/c1-17(2)25(26(46)33(40,41)29(49)42-16-31(35,36)37)44-27(47)24-13-23(54(51,52)15-19-8-10-22(53-4)11-9-19)14-45(24)28(48)18(3)43-30(50)32(38,39)20-6-5-7-21(34)12-20/h5-12,17-18,23-25H,13-16H2,1-4H3,(H,42,49)(H,43,50)(H,44,47)/t18?,23-,24+,25?/m1/s1. The number of amides is 4. The van der Waals surface area contributed by atoms with Gasteiger partial charge in [-0.05, 0) is 49.1 Å². The highest BCUT2D eigenvalue weighted by atomic mass is 32.2. The lowest BCUT2D eigenvalue weighted by Crippen LogP contribution is -2.60. The Labute approximate surface area is 303 Å². The number of nitrogens with zero attached hydrogens (tertiary/aromatic N) is 1. The Balaban J connectivity index is 1.92. The molecule has 2 aromatic carbocycles. The molecule has 1 fully saturated rings. The molecule has 4 amide bonds. The molecule has 0 bridgehead atoms. The number of likely N-dealkylation sites (tertiary alicyclic amines) is 1. The first-order valence-electron chi connectivity index (χ1n) is 16.0. The molecule has 1 aliphatic heterocycles. The van der Waals surface area contributed by atoms with Crippen LogP contribution in [-0.4, -0.2) is 98.4 Å². The summed E-state index contributed by atoms with van der Waals surface area (Å²) in [5.41, 5.74) is -0.825. The lowest BCUT2D eigenvalue weighted by Gasteiger charge is -2.30. The molecule has 0 spiro atoms. The van der Waals surface area contributed by atoms with E-state index in [2.05, 4.69) is 0 Å². The molecule has 2 aromatic rings. The van der Waals surface area contributed by atoms with Crippen molar-refractivity contribution in [2.75, 3.05) is 20.2 Å². The van der Waals surface area contributed by atoms with Gasteiger partial charge in [0.1, 0.15) is 30.2 Å². The maximum Gasteiger partial charge on any atom is 0.405 e. The number of nitrogens with one attached hydrogen (secondary N) is 3. The predicted molar refractivity (Wildman–Crippen MR) is 173 cm³/mol. The highest BCUT2D eigenvalue weighted by Crippen LogP contribution is 2.31. The molecule has 0 aromatic heterocycles. The summed E-state index contributed by atoms with van der Waals surface area (Å²) in [6.45, 7) is 0.176. The molecule has 0 radical (unpaired) electrons. The van der Waals surface area contributed by atoms with E-state index in [1.165, 1.54) is 31.4 Å². The van der Waals surface area contributed by atoms with E-state index >= 15 is 0 Å². The van der Waals surface area contributed by atoms with Gasteiger partial charge in [0, 0.05) is 12.1 Å². The van der Waals surface area contributed by atoms with Crippen LogP contribution in [0.4, 0.5) is 35.1 Å². The maximum absolute atomic E-state index is 14.9. The topological polar surface area (TPSA) is 168 Å². The number of benzene rings is 2. The fourth-order valence-electron chi connectivity index (χ4n) is 5.42. The van der Waals surface area contributed by atoms with Crippen molar-refractivity contribution < 1.29 is 72.3 Å². The fourth-order valence-corrected chi connectivity index (χ4v) is 7.17. The first kappa shape index (κ1) is 43.6. The number of alkyl halides is 7. The van der Waals surface area contributed by atoms with E-state index < -0.39 is 123 Å². The molecule has 2 unspecified atom stereocenters. The zero-order chi connectivity index (χ0) is 41.0. The van der Waals surface area contributed by atoms with Crippen molar-refractivity contribution in [3.63, 3.8) is 0 Å². The van der Waals surface area contributed by atoms with Crippen molar-refractivity contribution >= 4 is 39.2 Å². The summed E-state index contributed by atoms with van der Waals surface area (Å²) in [5, 5.41) is 2.99. The molecule has 54 heavy (non-hydrogen) atoms. The highest BCUT2D eigenvalue weighted by Gasteiger charge is 2.53. The van der Waals surface area contributed by atoms with Gasteiger partial charge in [-0.25, -0.2) is 12.8 Å². The maximum atomic E-state index is 14.9. The van der Waals surface area contributed by atoms with E-state index in [4.69, 9.17) is 4.74 Å². The number of ether oxygens (including phenoxy) is 1. The minimum absolute atomic E-state index is 0.248. The first-order chi connectivity index (χ1) is 24.8. The van der Waals surface area contributed by atoms with E-state index in [1.54, 1.807) is 5.32 Å². The van der Waals surface area contributed by atoms with Crippen molar-refractivity contribution in [2.24, 2.45) is 5.92 Å². The van der Waals surface area contributed by atoms with E-state index in [9.17, 15) is 67.5 Å². The quantitative estimate of drug-likeness (QED) is 0.183. The lowest BCUT2D eigenvalue weighted by molar-refractivity contribution is -0.165. The molecule has 4 atom stereocenters. The van der Waals surface area contributed by atoms with Gasteiger partial charge in [-0.1, -0.05) is 38.1 Å². The van der Waals surface area contributed by atoms with Crippen molar-refractivity contribution in [2.45, 2.75) is 74.3 Å². The van der Waals surface area contributed by atoms with Gasteiger partial charge in [-0.15, -0.1) is 0 Å². The molecule has 0 aliphatic carbocycles. The summed E-state index contributed by atoms with van der Waals surface area (Å²) >= 11 is 0. The first-order valence-corrected chi connectivity index (χ1v) is 17.7. The van der Waals surface area contributed by atoms with Crippen LogP contribution in [0.25, 0.3) is 0 Å². The Bertz CT molecular complexity index is 1840. The van der Waals surface area contributed by atoms with Crippen LogP contribution in [-0.2, 0) is 45.5 Å². The van der Waals surface area contributed by atoms with Crippen molar-refractivity contribution in [3.8, 4) is 5.75 Å². The summed E-state index contributed by atoms with van der Waals surface area (Å²) in [5.74, 6) is -21.8. The fraction of sp³-hybridized carbons (Fsp3) is 0.485. The molecule has 1 saturated heterocycles. The van der Waals surface area contributed by atoms with Crippen LogP contribution in [0.2, 0.25) is 0 Å². The van der Waals surface area contributed by atoms with Crippen LogP contribution in [0, 0.1) is 11.7 Å². The average molecular weight is 801 g/mol. The molecule has 0 saturated carbocycles. The number of rotatable bonds is 15. The van der Waals surface area contributed by atoms with Gasteiger partial charge >= 0.3 is 18.0 Å². The SMILES string of the molecule is COc1ccc(CS(=O)(=O)[C@@H]2C[C@@H](C(=O)NC(C(=O)C(F)(F)C(=O)NCC(F)(F)F)C(C)C)N(C(=O)C(C)NC(=O)C(F)(F)c3cccc(F)c3)C2)cc1. The zero-order valence-electron chi connectivity index (χ0n) is 29.0. The van der Waals surface area contributed by atoms with Crippen LogP contribution < -0.4 is 20.7 Å². The summed E-state index contributed by atoms with van der Waals surface area (Å²) in [6, 6.07) is 2.51. The number of halogens is 8. The van der Waals surface area contributed by atoms with Crippen LogP contribution in [0.1, 0.15) is 38.3 Å². The van der Waals surface area contributed by atoms with Crippen molar-refractivity contribution in [3.05, 3.63) is 65.5 Å². The van der Waals surface area contributed by atoms with E-state index in [0.717, 1.165) is 44.3 Å². The Morgan fingerprint density at radius 3 is 2.06 bits per heavy atom. The average Bonchev–Trinajstić information content (AvgIpc) is 3.55. The third kappa shape index (κ3) is 10.4. The number of Topliss-reactive ketones (excluding diaryl/α,β-unsaturated/α-hetero) is 1. The number of sulfone groups is 1. The van der Waals surface area contributed by atoms with Crippen molar-refractivity contribution in [1.82, 2.24) is 20.9 Å². The normalized spacial score (nSPS) is 17.8. The third-order valence-corrected chi connectivity index (χ3v) is 10.5. The van der Waals surface area contributed by atoms with Gasteiger partial charge < -0.3 is 25.6 Å². The van der Waals surface area contributed by atoms with Crippen LogP contribution in [0.15, 0.2) is 48.5 Å². The second-order valence-corrected chi connectivity index (χ2v) is 15.0. The Morgan fingerprint density at radius 2 is 1.52 bits per heavy atom. The van der Waals surface area contributed by atoms with E-state index in [-0.39, 0.29) is 5.56 Å². The zero-order valence-corrected chi connectivity index (χ0v) is 29.8. The van der Waals surface area contributed by atoms with E-state index in [1.807, 2.05) is 5.32 Å².